The van der Waals surface area contributed by atoms with E-state index in [-0.39, 0.29) is 17.4 Å². The molecule has 1 N–H and O–H groups in total. The van der Waals surface area contributed by atoms with Gasteiger partial charge in [-0.1, -0.05) is 27.7 Å². The average molecular weight is 196 g/mol. The molecule has 80 valence electrons. The maximum atomic E-state index is 11.5. The Hall–Kier alpha value is -1.04. The molecule has 0 rings (SSSR count). The van der Waals surface area contributed by atoms with E-state index in [1.54, 1.807) is 0 Å². The van der Waals surface area contributed by atoms with Crippen molar-refractivity contribution in [3.05, 3.63) is 0 Å². The Labute approximate surface area is 86.5 Å². The fraction of sp³-hybridized carbons (Fsp3) is 0.818. The number of hydrogen-bond acceptors (Lipinski definition) is 2. The molecule has 0 aliphatic carbocycles. The molecule has 3 nitrogen and oxygen atoms in total. The largest absolute Gasteiger partial charge is 0.352 e. The van der Waals surface area contributed by atoms with Crippen LogP contribution in [-0.2, 0) is 4.79 Å². The fourth-order valence-electron chi connectivity index (χ4n) is 1.17. The van der Waals surface area contributed by atoms with Gasteiger partial charge in [-0.3, -0.25) is 4.79 Å². The van der Waals surface area contributed by atoms with Crippen LogP contribution in [0, 0.1) is 16.7 Å². The predicted molar refractivity (Wildman–Crippen MR) is 56.5 cm³/mol. The van der Waals surface area contributed by atoms with Gasteiger partial charge in [0.25, 0.3) is 0 Å². The lowest BCUT2D eigenvalue weighted by Gasteiger charge is -2.20. The van der Waals surface area contributed by atoms with E-state index in [9.17, 15) is 4.79 Å². The summed E-state index contributed by atoms with van der Waals surface area (Å²) in [6.45, 7) is 8.05. The molecule has 0 bridgehead atoms. The first kappa shape index (κ1) is 13.0. The Bertz CT molecular complexity index is 222. The molecule has 0 radical (unpaired) electrons. The summed E-state index contributed by atoms with van der Waals surface area (Å²) in [7, 11) is 0. The number of nitrogens with one attached hydrogen (secondary N) is 1. The molecule has 1 unspecified atom stereocenters. The molecule has 14 heavy (non-hydrogen) atoms. The van der Waals surface area contributed by atoms with Crippen LogP contribution >= 0.6 is 0 Å². The van der Waals surface area contributed by atoms with Crippen molar-refractivity contribution in [3.8, 4) is 6.07 Å². The SMILES string of the molecule is CCC(CC#N)NC(=O)CC(C)(C)C. The van der Waals surface area contributed by atoms with Crippen LogP contribution in [-0.4, -0.2) is 11.9 Å². The van der Waals surface area contributed by atoms with Crippen molar-refractivity contribution >= 4 is 5.91 Å². The summed E-state index contributed by atoms with van der Waals surface area (Å²) < 4.78 is 0. The highest BCUT2D eigenvalue weighted by molar-refractivity contribution is 5.76. The van der Waals surface area contributed by atoms with Gasteiger partial charge < -0.3 is 5.32 Å². The number of nitriles is 1. The highest BCUT2D eigenvalue weighted by Crippen LogP contribution is 2.18. The lowest BCUT2D eigenvalue weighted by atomic mass is 9.92. The number of nitrogens with zero attached hydrogens (tertiary/aromatic N) is 1. The summed E-state index contributed by atoms with van der Waals surface area (Å²) in [5.74, 6) is 0.0413. The second kappa shape index (κ2) is 5.64. The first-order valence-electron chi connectivity index (χ1n) is 5.05. The second-order valence-electron chi connectivity index (χ2n) is 4.77. The van der Waals surface area contributed by atoms with Gasteiger partial charge in [-0.15, -0.1) is 0 Å². The van der Waals surface area contributed by atoms with E-state index in [0.29, 0.717) is 12.8 Å². The van der Waals surface area contributed by atoms with Gasteiger partial charge in [-0.2, -0.15) is 5.26 Å². The molecular weight excluding hydrogens is 176 g/mol. The maximum absolute atomic E-state index is 11.5. The third-order valence-electron chi connectivity index (χ3n) is 1.89. The van der Waals surface area contributed by atoms with Crippen LogP contribution in [0.25, 0.3) is 0 Å². The summed E-state index contributed by atoms with van der Waals surface area (Å²) in [5, 5.41) is 11.4. The quantitative estimate of drug-likeness (QED) is 0.749. The van der Waals surface area contributed by atoms with E-state index in [4.69, 9.17) is 5.26 Å². The minimum Gasteiger partial charge on any atom is -0.352 e. The minimum absolute atomic E-state index is 0.00895. The van der Waals surface area contributed by atoms with Crippen molar-refractivity contribution in [2.24, 2.45) is 5.41 Å². The standard InChI is InChI=1S/C11H20N2O/c1-5-9(6-7-12)13-10(14)8-11(2,3)4/h9H,5-6,8H2,1-4H3,(H,13,14). The smallest absolute Gasteiger partial charge is 0.220 e. The van der Waals surface area contributed by atoms with Gasteiger partial charge in [0.2, 0.25) is 5.91 Å². The van der Waals surface area contributed by atoms with Crippen LogP contribution in [0.5, 0.6) is 0 Å². The van der Waals surface area contributed by atoms with E-state index in [2.05, 4.69) is 11.4 Å². The van der Waals surface area contributed by atoms with Crippen LogP contribution in [0.2, 0.25) is 0 Å². The van der Waals surface area contributed by atoms with E-state index >= 15 is 0 Å². The van der Waals surface area contributed by atoms with Gasteiger partial charge in [0.15, 0.2) is 0 Å². The van der Waals surface area contributed by atoms with Crippen LogP contribution in [0.4, 0.5) is 0 Å². The number of carbonyl (C=O) groups is 1. The number of rotatable bonds is 4. The topological polar surface area (TPSA) is 52.9 Å². The van der Waals surface area contributed by atoms with Crippen molar-refractivity contribution in [1.29, 1.82) is 5.26 Å². The number of amides is 1. The molecule has 0 aliphatic rings. The Kier molecular flexibility index (Phi) is 5.22. The molecule has 0 spiro atoms. The highest BCUT2D eigenvalue weighted by atomic mass is 16.1. The summed E-state index contributed by atoms with van der Waals surface area (Å²) in [5.41, 5.74) is 0.00895. The Balaban J connectivity index is 3.98. The third kappa shape index (κ3) is 6.47. The second-order valence-corrected chi connectivity index (χ2v) is 4.77. The van der Waals surface area contributed by atoms with Crippen molar-refractivity contribution in [1.82, 2.24) is 5.32 Å². The van der Waals surface area contributed by atoms with Gasteiger partial charge in [0.1, 0.15) is 0 Å². The van der Waals surface area contributed by atoms with Crippen molar-refractivity contribution in [3.63, 3.8) is 0 Å². The number of carbonyl (C=O) groups excluding carboxylic acids is 1. The molecular formula is C11H20N2O. The van der Waals surface area contributed by atoms with E-state index in [1.807, 2.05) is 27.7 Å². The van der Waals surface area contributed by atoms with Crippen molar-refractivity contribution in [2.75, 3.05) is 0 Å². The summed E-state index contributed by atoms with van der Waals surface area (Å²) in [4.78, 5) is 11.5. The predicted octanol–water partition coefficient (Wildman–Crippen LogP) is 2.23. The monoisotopic (exact) mass is 196 g/mol. The van der Waals surface area contributed by atoms with Crippen LogP contribution in [0.3, 0.4) is 0 Å². The molecule has 1 amide bonds. The Morgan fingerprint density at radius 3 is 2.43 bits per heavy atom. The third-order valence-corrected chi connectivity index (χ3v) is 1.89. The molecule has 0 aromatic heterocycles. The molecule has 0 aliphatic heterocycles. The van der Waals surface area contributed by atoms with Crippen LogP contribution < -0.4 is 5.32 Å². The van der Waals surface area contributed by atoms with Crippen LogP contribution in [0.1, 0.15) is 47.0 Å². The van der Waals surface area contributed by atoms with Crippen molar-refractivity contribution < 1.29 is 4.79 Å². The zero-order valence-electron chi connectivity index (χ0n) is 9.55. The normalized spacial score (nSPS) is 13.1. The molecule has 1 atom stereocenters. The molecule has 0 heterocycles. The summed E-state index contributed by atoms with van der Waals surface area (Å²) >= 11 is 0. The van der Waals surface area contributed by atoms with Crippen LogP contribution in [0.15, 0.2) is 0 Å². The lowest BCUT2D eigenvalue weighted by molar-refractivity contribution is -0.123. The highest BCUT2D eigenvalue weighted by Gasteiger charge is 2.17. The van der Waals surface area contributed by atoms with Crippen molar-refractivity contribution in [2.45, 2.75) is 53.0 Å². The average Bonchev–Trinajstić information content (AvgIpc) is 2.00. The molecule has 0 saturated carbocycles. The molecule has 3 heteroatoms. The molecule has 0 aromatic rings. The zero-order chi connectivity index (χ0) is 11.2. The lowest BCUT2D eigenvalue weighted by Crippen LogP contribution is -2.36. The van der Waals surface area contributed by atoms with E-state index in [0.717, 1.165) is 6.42 Å². The maximum Gasteiger partial charge on any atom is 0.220 e. The van der Waals surface area contributed by atoms with E-state index < -0.39 is 0 Å². The summed E-state index contributed by atoms with van der Waals surface area (Å²) in [6.07, 6.45) is 1.71. The Morgan fingerprint density at radius 1 is 1.50 bits per heavy atom. The first-order valence-corrected chi connectivity index (χ1v) is 5.05. The molecule has 0 aromatic carbocycles. The first-order chi connectivity index (χ1) is 6.39. The zero-order valence-corrected chi connectivity index (χ0v) is 9.55. The minimum atomic E-state index is 0.00895. The van der Waals surface area contributed by atoms with Gasteiger partial charge in [-0.25, -0.2) is 0 Å². The van der Waals surface area contributed by atoms with Gasteiger partial charge in [0.05, 0.1) is 12.5 Å². The molecule has 0 fully saturated rings. The van der Waals surface area contributed by atoms with Gasteiger partial charge in [-0.05, 0) is 11.8 Å². The van der Waals surface area contributed by atoms with Gasteiger partial charge >= 0.3 is 0 Å². The Morgan fingerprint density at radius 2 is 2.07 bits per heavy atom. The van der Waals surface area contributed by atoms with Gasteiger partial charge in [0, 0.05) is 12.5 Å². The fourth-order valence-corrected chi connectivity index (χ4v) is 1.17. The summed E-state index contributed by atoms with van der Waals surface area (Å²) in [6, 6.07) is 2.08. The van der Waals surface area contributed by atoms with E-state index in [1.165, 1.54) is 0 Å². The molecule has 0 saturated heterocycles. The number of hydrogen-bond donors (Lipinski definition) is 1.